The predicted octanol–water partition coefficient (Wildman–Crippen LogP) is 3.61. The van der Waals surface area contributed by atoms with Crippen molar-refractivity contribution in [1.29, 1.82) is 0 Å². The molecule has 2 saturated carbocycles. The maximum absolute atomic E-state index is 4.48. The van der Waals surface area contributed by atoms with Crippen molar-refractivity contribution >= 4 is 29.9 Å². The van der Waals surface area contributed by atoms with E-state index in [1.165, 1.54) is 77.4 Å². The average Bonchev–Trinajstić information content (AvgIpc) is 3.36. The number of rotatable bonds is 5. The Morgan fingerprint density at radius 2 is 1.75 bits per heavy atom. The summed E-state index contributed by atoms with van der Waals surface area (Å²) in [5.41, 5.74) is 0. The summed E-state index contributed by atoms with van der Waals surface area (Å²) in [5.74, 6) is 2.94. The van der Waals surface area contributed by atoms with Crippen molar-refractivity contribution in [2.24, 2.45) is 16.8 Å². The zero-order valence-corrected chi connectivity index (χ0v) is 17.9. The molecule has 1 aliphatic heterocycles. The standard InChI is InChI=1S/C19H36N4.HI/c1-3-11-23-12-9-16(10-13-23)21-19(20-2)22-18-14-17(18)15-7-5-4-6-8-15;/h15-18H,3-14H2,1-2H3,(H2,20,21,22);1H. The van der Waals surface area contributed by atoms with E-state index >= 15 is 0 Å². The van der Waals surface area contributed by atoms with E-state index in [1.54, 1.807) is 0 Å². The lowest BCUT2D eigenvalue weighted by Gasteiger charge is -2.33. The number of halogens is 1. The zero-order chi connectivity index (χ0) is 16.1. The summed E-state index contributed by atoms with van der Waals surface area (Å²) in [6, 6.07) is 1.28. The van der Waals surface area contributed by atoms with Gasteiger partial charge in [-0.05, 0) is 44.1 Å². The molecule has 0 aromatic heterocycles. The van der Waals surface area contributed by atoms with Gasteiger partial charge in [-0.2, -0.15) is 0 Å². The van der Waals surface area contributed by atoms with Crippen LogP contribution in [0, 0.1) is 11.8 Å². The molecule has 2 aliphatic carbocycles. The van der Waals surface area contributed by atoms with E-state index in [0.29, 0.717) is 12.1 Å². The van der Waals surface area contributed by atoms with Crippen LogP contribution in [0.4, 0.5) is 0 Å². The molecule has 1 saturated heterocycles. The Hall–Kier alpha value is -0.0400. The Kier molecular flexibility index (Phi) is 8.61. The fraction of sp³-hybridized carbons (Fsp3) is 0.947. The second-order valence-corrected chi connectivity index (χ2v) is 7.88. The minimum absolute atomic E-state index is 0. The molecule has 2 unspecified atom stereocenters. The maximum Gasteiger partial charge on any atom is 0.191 e. The highest BCUT2D eigenvalue weighted by Crippen LogP contribution is 2.44. The van der Waals surface area contributed by atoms with Crippen LogP contribution >= 0.6 is 24.0 Å². The lowest BCUT2D eigenvalue weighted by molar-refractivity contribution is 0.206. The third-order valence-corrected chi connectivity index (χ3v) is 6.11. The molecule has 0 aromatic carbocycles. The molecule has 4 nitrogen and oxygen atoms in total. The Balaban J connectivity index is 0.00000208. The molecule has 0 spiro atoms. The first-order valence-electron chi connectivity index (χ1n) is 10.0. The molecule has 0 aromatic rings. The Bertz CT molecular complexity index is 387. The van der Waals surface area contributed by atoms with Crippen LogP contribution in [0.15, 0.2) is 4.99 Å². The molecular weight excluding hydrogens is 411 g/mol. The van der Waals surface area contributed by atoms with Gasteiger partial charge < -0.3 is 15.5 Å². The fourth-order valence-corrected chi connectivity index (χ4v) is 4.62. The highest BCUT2D eigenvalue weighted by molar-refractivity contribution is 14.0. The van der Waals surface area contributed by atoms with Crippen LogP contribution in [0.25, 0.3) is 0 Å². The van der Waals surface area contributed by atoms with Gasteiger partial charge in [0.15, 0.2) is 5.96 Å². The Morgan fingerprint density at radius 1 is 1.04 bits per heavy atom. The van der Waals surface area contributed by atoms with Gasteiger partial charge in [0.25, 0.3) is 0 Å². The maximum atomic E-state index is 4.48. The van der Waals surface area contributed by atoms with Crippen LogP contribution in [-0.2, 0) is 0 Å². The van der Waals surface area contributed by atoms with E-state index in [0.717, 1.165) is 17.8 Å². The van der Waals surface area contributed by atoms with Gasteiger partial charge in [0.1, 0.15) is 0 Å². The van der Waals surface area contributed by atoms with E-state index in [-0.39, 0.29) is 24.0 Å². The number of hydrogen-bond acceptors (Lipinski definition) is 2. The number of nitrogens with one attached hydrogen (secondary N) is 2. The van der Waals surface area contributed by atoms with E-state index in [1.807, 2.05) is 7.05 Å². The SMILES string of the molecule is CCCN1CCC(NC(=NC)NC2CC2C2CCCCC2)CC1.I. The van der Waals surface area contributed by atoms with Gasteiger partial charge in [0.05, 0.1) is 0 Å². The molecule has 0 amide bonds. The number of nitrogens with zero attached hydrogens (tertiary/aromatic N) is 2. The number of aliphatic imine (C=N–C) groups is 1. The van der Waals surface area contributed by atoms with E-state index in [2.05, 4.69) is 27.4 Å². The largest absolute Gasteiger partial charge is 0.354 e. The van der Waals surface area contributed by atoms with Crippen LogP contribution in [-0.4, -0.2) is 49.6 Å². The van der Waals surface area contributed by atoms with Crippen LogP contribution in [0.1, 0.15) is 64.7 Å². The van der Waals surface area contributed by atoms with Crippen molar-refractivity contribution in [2.45, 2.75) is 76.8 Å². The quantitative estimate of drug-likeness (QED) is 0.384. The zero-order valence-electron chi connectivity index (χ0n) is 15.6. The minimum atomic E-state index is 0. The van der Waals surface area contributed by atoms with Crippen LogP contribution in [0.2, 0.25) is 0 Å². The highest BCUT2D eigenvalue weighted by atomic mass is 127. The van der Waals surface area contributed by atoms with Crippen molar-refractivity contribution in [2.75, 3.05) is 26.7 Å². The fourth-order valence-electron chi connectivity index (χ4n) is 4.62. The molecule has 3 aliphatic rings. The molecule has 3 fully saturated rings. The summed E-state index contributed by atoms with van der Waals surface area (Å²) in [7, 11) is 1.92. The van der Waals surface area contributed by atoms with Crippen LogP contribution in [0.3, 0.4) is 0 Å². The molecule has 2 atom stereocenters. The molecule has 24 heavy (non-hydrogen) atoms. The van der Waals surface area contributed by atoms with Gasteiger partial charge in [-0.1, -0.05) is 39.0 Å². The van der Waals surface area contributed by atoms with Gasteiger partial charge in [-0.25, -0.2) is 0 Å². The summed E-state index contributed by atoms with van der Waals surface area (Å²) in [6.07, 6.45) is 12.4. The van der Waals surface area contributed by atoms with Crippen LogP contribution in [0.5, 0.6) is 0 Å². The number of hydrogen-bond donors (Lipinski definition) is 2. The number of guanidine groups is 1. The Labute approximate surface area is 165 Å². The minimum Gasteiger partial charge on any atom is -0.354 e. The second-order valence-electron chi connectivity index (χ2n) is 7.88. The number of likely N-dealkylation sites (tertiary alicyclic amines) is 1. The highest BCUT2D eigenvalue weighted by Gasteiger charge is 2.43. The van der Waals surface area contributed by atoms with E-state index in [9.17, 15) is 0 Å². The molecule has 3 rings (SSSR count). The Morgan fingerprint density at radius 3 is 2.38 bits per heavy atom. The first-order chi connectivity index (χ1) is 11.3. The van der Waals surface area contributed by atoms with Crippen molar-refractivity contribution in [3.05, 3.63) is 0 Å². The summed E-state index contributed by atoms with van der Waals surface area (Å²) >= 11 is 0. The van der Waals surface area contributed by atoms with E-state index in [4.69, 9.17) is 0 Å². The van der Waals surface area contributed by atoms with Crippen molar-refractivity contribution in [3.63, 3.8) is 0 Å². The summed E-state index contributed by atoms with van der Waals surface area (Å²) in [6.45, 7) is 5.99. The third-order valence-electron chi connectivity index (χ3n) is 6.11. The van der Waals surface area contributed by atoms with Crippen molar-refractivity contribution in [1.82, 2.24) is 15.5 Å². The van der Waals surface area contributed by atoms with Crippen LogP contribution < -0.4 is 10.6 Å². The lowest BCUT2D eigenvalue weighted by atomic mass is 9.85. The molecule has 1 heterocycles. The predicted molar refractivity (Wildman–Crippen MR) is 113 cm³/mol. The molecule has 5 heteroatoms. The van der Waals surface area contributed by atoms with Crippen molar-refractivity contribution in [3.8, 4) is 0 Å². The average molecular weight is 448 g/mol. The summed E-state index contributed by atoms with van der Waals surface area (Å²) in [4.78, 5) is 7.07. The smallest absolute Gasteiger partial charge is 0.191 e. The second kappa shape index (κ2) is 10.2. The van der Waals surface area contributed by atoms with E-state index < -0.39 is 0 Å². The normalized spacial score (nSPS) is 29.8. The van der Waals surface area contributed by atoms with Gasteiger partial charge in [0.2, 0.25) is 0 Å². The summed E-state index contributed by atoms with van der Waals surface area (Å²) in [5, 5.41) is 7.37. The summed E-state index contributed by atoms with van der Waals surface area (Å²) < 4.78 is 0. The topological polar surface area (TPSA) is 39.7 Å². The lowest BCUT2D eigenvalue weighted by Crippen LogP contribution is -2.49. The number of piperidine rings is 1. The molecule has 2 N–H and O–H groups in total. The molecule has 0 bridgehead atoms. The third kappa shape index (κ3) is 5.75. The monoisotopic (exact) mass is 448 g/mol. The van der Waals surface area contributed by atoms with Gasteiger partial charge >= 0.3 is 0 Å². The van der Waals surface area contributed by atoms with Gasteiger partial charge in [0, 0.05) is 32.2 Å². The van der Waals surface area contributed by atoms with Crippen molar-refractivity contribution < 1.29 is 0 Å². The van der Waals surface area contributed by atoms with Gasteiger partial charge in [-0.15, -0.1) is 24.0 Å². The molecule has 140 valence electrons. The first kappa shape index (κ1) is 20.3. The molecule has 0 radical (unpaired) electrons. The molecular formula is C19H37IN4. The van der Waals surface area contributed by atoms with Gasteiger partial charge in [-0.3, -0.25) is 4.99 Å². The first-order valence-corrected chi connectivity index (χ1v) is 10.0.